The van der Waals surface area contributed by atoms with E-state index in [1.165, 1.54) is 148 Å². The summed E-state index contributed by atoms with van der Waals surface area (Å²) in [6.07, 6.45) is 74.9. The van der Waals surface area contributed by atoms with E-state index >= 15 is 0 Å². The van der Waals surface area contributed by atoms with Crippen molar-refractivity contribution in [2.75, 3.05) is 13.2 Å². The number of unbranched alkanes of at least 4 members (excludes halogenated alkanes) is 31. The van der Waals surface area contributed by atoms with Crippen LogP contribution in [0.25, 0.3) is 0 Å². The molecule has 0 saturated carbocycles. The third kappa shape index (κ3) is 55.8. The Morgan fingerprint density at radius 1 is 0.300 bits per heavy atom. The molecule has 0 N–H and O–H groups in total. The highest BCUT2D eigenvalue weighted by Crippen LogP contribution is 2.16. The molecule has 0 aromatic heterocycles. The van der Waals surface area contributed by atoms with Crippen molar-refractivity contribution < 1.29 is 28.6 Å². The van der Waals surface area contributed by atoms with Gasteiger partial charge in [-0.15, -0.1) is 0 Å². The number of ether oxygens (including phenoxy) is 3. The minimum atomic E-state index is -0.778. The van der Waals surface area contributed by atoms with Crippen LogP contribution in [0, 0.1) is 0 Å². The lowest BCUT2D eigenvalue weighted by molar-refractivity contribution is -0.167. The van der Waals surface area contributed by atoms with Crippen LogP contribution in [0.3, 0.4) is 0 Å². The highest BCUT2D eigenvalue weighted by atomic mass is 16.6. The maximum absolute atomic E-state index is 12.8. The second-order valence-electron chi connectivity index (χ2n) is 19.9. The van der Waals surface area contributed by atoms with E-state index in [0.29, 0.717) is 19.3 Å². The van der Waals surface area contributed by atoms with Crippen molar-refractivity contribution in [1.82, 2.24) is 0 Å². The van der Waals surface area contributed by atoms with Crippen LogP contribution in [0.2, 0.25) is 0 Å². The molecule has 0 aromatic rings. The summed E-state index contributed by atoms with van der Waals surface area (Å²) in [6.45, 7) is 6.48. The van der Waals surface area contributed by atoms with E-state index in [1.54, 1.807) is 0 Å². The second-order valence-corrected chi connectivity index (χ2v) is 19.9. The van der Waals surface area contributed by atoms with E-state index < -0.39 is 6.10 Å². The SMILES string of the molecule is CC/C=C\C/C=C\C/C=C\C/C=C\CCCCCCCCCCCCCCCCCCC(=O)OCC(COC(=O)CCCCCCCCCCC)OC(=O)CCCCCCC/C=C\C/C=C\CCCC. The number of rotatable bonds is 54. The van der Waals surface area contributed by atoms with Crippen molar-refractivity contribution in [2.45, 2.75) is 303 Å². The summed E-state index contributed by atoms with van der Waals surface area (Å²) in [5, 5.41) is 0. The Bertz CT molecular complexity index is 1310. The average Bonchev–Trinajstić information content (AvgIpc) is 3.36. The molecule has 0 aliphatic rings. The largest absolute Gasteiger partial charge is 0.462 e. The molecule has 0 heterocycles. The van der Waals surface area contributed by atoms with Gasteiger partial charge in [-0.05, 0) is 83.5 Å². The van der Waals surface area contributed by atoms with Gasteiger partial charge in [0.2, 0.25) is 0 Å². The van der Waals surface area contributed by atoms with Crippen LogP contribution in [0.1, 0.15) is 297 Å². The fourth-order valence-electron chi connectivity index (χ4n) is 8.45. The van der Waals surface area contributed by atoms with Crippen molar-refractivity contribution in [3.8, 4) is 0 Å². The van der Waals surface area contributed by atoms with Crippen LogP contribution in [0.5, 0.6) is 0 Å². The number of allylic oxidation sites excluding steroid dienone is 12. The topological polar surface area (TPSA) is 78.9 Å². The third-order valence-corrected chi connectivity index (χ3v) is 12.9. The van der Waals surface area contributed by atoms with E-state index in [-0.39, 0.29) is 31.1 Å². The van der Waals surface area contributed by atoms with Crippen LogP contribution in [0.4, 0.5) is 0 Å². The molecule has 0 amide bonds. The molecule has 0 fully saturated rings. The quantitative estimate of drug-likeness (QED) is 0.0261. The molecular weight excluding hydrogens is 865 g/mol. The predicted molar refractivity (Wildman–Crippen MR) is 302 cm³/mol. The highest BCUT2D eigenvalue weighted by molar-refractivity contribution is 5.71. The summed E-state index contributed by atoms with van der Waals surface area (Å²) in [7, 11) is 0. The van der Waals surface area contributed by atoms with Crippen LogP contribution in [-0.2, 0) is 28.6 Å². The van der Waals surface area contributed by atoms with E-state index in [0.717, 1.165) is 109 Å². The third-order valence-electron chi connectivity index (χ3n) is 12.9. The lowest BCUT2D eigenvalue weighted by Gasteiger charge is -2.18. The van der Waals surface area contributed by atoms with Crippen LogP contribution in [0.15, 0.2) is 72.9 Å². The van der Waals surface area contributed by atoms with Crippen LogP contribution < -0.4 is 0 Å². The van der Waals surface area contributed by atoms with Gasteiger partial charge in [-0.25, -0.2) is 0 Å². The van der Waals surface area contributed by atoms with Gasteiger partial charge in [-0.1, -0.05) is 267 Å². The lowest BCUT2D eigenvalue weighted by Crippen LogP contribution is -2.30. The Hall–Kier alpha value is -3.15. The van der Waals surface area contributed by atoms with Crippen molar-refractivity contribution in [1.29, 1.82) is 0 Å². The molecule has 6 nitrogen and oxygen atoms in total. The van der Waals surface area contributed by atoms with Crippen molar-refractivity contribution >= 4 is 17.9 Å². The van der Waals surface area contributed by atoms with Gasteiger partial charge in [0, 0.05) is 19.3 Å². The van der Waals surface area contributed by atoms with Gasteiger partial charge in [0.25, 0.3) is 0 Å². The molecule has 0 saturated heterocycles. The Morgan fingerprint density at radius 3 is 0.914 bits per heavy atom. The van der Waals surface area contributed by atoms with Crippen molar-refractivity contribution in [2.24, 2.45) is 0 Å². The van der Waals surface area contributed by atoms with E-state index in [2.05, 4.69) is 93.7 Å². The van der Waals surface area contributed by atoms with Gasteiger partial charge in [0.15, 0.2) is 6.10 Å². The summed E-state index contributed by atoms with van der Waals surface area (Å²) < 4.78 is 16.8. The van der Waals surface area contributed by atoms with E-state index in [1.807, 2.05) is 0 Å². The molecule has 70 heavy (non-hydrogen) atoms. The summed E-state index contributed by atoms with van der Waals surface area (Å²) in [6, 6.07) is 0. The molecule has 1 unspecified atom stereocenters. The molecular formula is C64H112O6. The maximum Gasteiger partial charge on any atom is 0.306 e. The first kappa shape index (κ1) is 66.9. The van der Waals surface area contributed by atoms with Gasteiger partial charge in [0.05, 0.1) is 0 Å². The molecule has 0 aliphatic carbocycles. The Labute approximate surface area is 433 Å². The van der Waals surface area contributed by atoms with Gasteiger partial charge in [-0.3, -0.25) is 14.4 Å². The summed E-state index contributed by atoms with van der Waals surface area (Å²) in [4.78, 5) is 38.0. The summed E-state index contributed by atoms with van der Waals surface area (Å²) in [5.74, 6) is -0.884. The van der Waals surface area contributed by atoms with Crippen molar-refractivity contribution in [3.05, 3.63) is 72.9 Å². The fourth-order valence-corrected chi connectivity index (χ4v) is 8.45. The minimum absolute atomic E-state index is 0.0774. The second kappa shape index (κ2) is 58.4. The first-order valence-corrected chi connectivity index (χ1v) is 29.9. The molecule has 0 aliphatic heterocycles. The van der Waals surface area contributed by atoms with Crippen molar-refractivity contribution in [3.63, 3.8) is 0 Å². The predicted octanol–water partition coefficient (Wildman–Crippen LogP) is 20.2. The maximum atomic E-state index is 12.8. The van der Waals surface area contributed by atoms with Crippen LogP contribution >= 0.6 is 0 Å². The van der Waals surface area contributed by atoms with E-state index in [4.69, 9.17) is 14.2 Å². The zero-order valence-electron chi connectivity index (χ0n) is 46.3. The molecule has 0 radical (unpaired) electrons. The summed E-state index contributed by atoms with van der Waals surface area (Å²) in [5.41, 5.74) is 0. The number of hydrogen-bond acceptors (Lipinski definition) is 6. The first-order valence-electron chi connectivity index (χ1n) is 29.9. The van der Waals surface area contributed by atoms with Gasteiger partial charge < -0.3 is 14.2 Å². The monoisotopic (exact) mass is 977 g/mol. The lowest BCUT2D eigenvalue weighted by atomic mass is 10.0. The molecule has 0 bridgehead atoms. The Balaban J connectivity index is 4.12. The first-order chi connectivity index (χ1) is 34.5. The molecule has 0 aromatic carbocycles. The van der Waals surface area contributed by atoms with Gasteiger partial charge in [0.1, 0.15) is 13.2 Å². The molecule has 0 spiro atoms. The molecule has 1 atom stereocenters. The molecule has 404 valence electrons. The smallest absolute Gasteiger partial charge is 0.306 e. The number of carbonyl (C=O) groups is 3. The van der Waals surface area contributed by atoms with E-state index in [9.17, 15) is 14.4 Å². The fraction of sp³-hybridized carbons (Fsp3) is 0.766. The normalized spacial score (nSPS) is 12.6. The van der Waals surface area contributed by atoms with Gasteiger partial charge in [-0.2, -0.15) is 0 Å². The molecule has 6 heteroatoms. The zero-order valence-corrected chi connectivity index (χ0v) is 46.3. The summed E-state index contributed by atoms with van der Waals surface area (Å²) >= 11 is 0. The Morgan fingerprint density at radius 2 is 0.571 bits per heavy atom. The standard InChI is InChI=1S/C64H112O6/c1-4-7-10-13-16-19-21-23-25-26-27-28-29-30-31-32-33-34-35-36-37-38-39-41-42-45-48-51-54-57-63(66)69-60-61(59-68-62(65)56-53-50-47-44-18-15-12-9-6-3)70-64(67)58-55-52-49-46-43-40-24-22-20-17-14-11-8-5-2/h7,10,14,16-17,19,22-25,27-28,61H,4-6,8-9,11-13,15,18,20-21,26,29-60H2,1-3H3/b10-7-,17-14-,19-16-,24-22-,25-23-,28-27-. The molecule has 0 rings (SSSR count). The Kier molecular flexibility index (Phi) is 55.8. The zero-order chi connectivity index (χ0) is 50.7. The average molecular weight is 978 g/mol. The number of carbonyl (C=O) groups excluding carboxylic acids is 3. The van der Waals surface area contributed by atoms with Gasteiger partial charge >= 0.3 is 17.9 Å². The number of hydrogen-bond donors (Lipinski definition) is 0. The number of esters is 3. The highest BCUT2D eigenvalue weighted by Gasteiger charge is 2.19. The van der Waals surface area contributed by atoms with Crippen LogP contribution in [-0.4, -0.2) is 37.2 Å². The minimum Gasteiger partial charge on any atom is -0.462 e.